The first-order chi connectivity index (χ1) is 6.77. The maximum atomic E-state index is 10.6. The van der Waals surface area contributed by atoms with Crippen LogP contribution in [-0.4, -0.2) is 30.3 Å². The van der Waals surface area contributed by atoms with E-state index < -0.39 is 12.1 Å². The highest BCUT2D eigenvalue weighted by Crippen LogP contribution is 2.24. The Balaban J connectivity index is 0.000000265. The molecule has 0 saturated carbocycles. The number of halogens is 3. The number of carboxylic acid groups (broad SMARTS) is 1. The predicted molar refractivity (Wildman–Crippen MR) is 44.9 cm³/mol. The molecule has 15 heavy (non-hydrogen) atoms. The molecule has 1 fully saturated rings. The SMILES string of the molecule is CCC1(C#N)CNC1.O=C(O)C(F)(F)F. The van der Waals surface area contributed by atoms with E-state index in [1.54, 1.807) is 0 Å². The van der Waals surface area contributed by atoms with Gasteiger partial charge < -0.3 is 10.4 Å². The van der Waals surface area contributed by atoms with Gasteiger partial charge in [0.1, 0.15) is 0 Å². The van der Waals surface area contributed by atoms with Gasteiger partial charge in [-0.2, -0.15) is 18.4 Å². The largest absolute Gasteiger partial charge is 0.490 e. The fourth-order valence-electron chi connectivity index (χ4n) is 0.835. The molecule has 0 amide bonds. The number of hydrogen-bond acceptors (Lipinski definition) is 3. The molecule has 1 saturated heterocycles. The molecule has 0 radical (unpaired) electrons. The monoisotopic (exact) mass is 224 g/mol. The van der Waals surface area contributed by atoms with Gasteiger partial charge in [0.15, 0.2) is 0 Å². The summed E-state index contributed by atoms with van der Waals surface area (Å²) in [5.41, 5.74) is 0. The lowest BCUT2D eigenvalue weighted by atomic mass is 9.81. The van der Waals surface area contributed by atoms with Crippen molar-refractivity contribution in [1.82, 2.24) is 5.32 Å². The second-order valence-electron chi connectivity index (χ2n) is 3.15. The summed E-state index contributed by atoms with van der Waals surface area (Å²) < 4.78 is 31.7. The number of aliphatic carboxylic acids is 1. The molecule has 4 nitrogen and oxygen atoms in total. The van der Waals surface area contributed by atoms with Gasteiger partial charge in [0.25, 0.3) is 0 Å². The highest BCUT2D eigenvalue weighted by atomic mass is 19.4. The van der Waals surface area contributed by atoms with Crippen molar-refractivity contribution in [3.63, 3.8) is 0 Å². The minimum absolute atomic E-state index is 0. The summed E-state index contributed by atoms with van der Waals surface area (Å²) in [6, 6.07) is 2.30. The van der Waals surface area contributed by atoms with Crippen LogP contribution in [0.25, 0.3) is 0 Å². The van der Waals surface area contributed by atoms with E-state index in [0.717, 1.165) is 19.5 Å². The maximum absolute atomic E-state index is 10.6. The van der Waals surface area contributed by atoms with Crippen molar-refractivity contribution in [2.75, 3.05) is 13.1 Å². The van der Waals surface area contributed by atoms with E-state index in [-0.39, 0.29) is 5.41 Å². The molecular weight excluding hydrogens is 213 g/mol. The first-order valence-corrected chi connectivity index (χ1v) is 4.19. The molecule has 86 valence electrons. The lowest BCUT2D eigenvalue weighted by Gasteiger charge is -2.34. The van der Waals surface area contributed by atoms with Crippen molar-refractivity contribution < 1.29 is 23.1 Å². The van der Waals surface area contributed by atoms with E-state index in [4.69, 9.17) is 15.2 Å². The smallest absolute Gasteiger partial charge is 0.475 e. The van der Waals surface area contributed by atoms with Crippen LogP contribution in [0.4, 0.5) is 13.2 Å². The topological polar surface area (TPSA) is 73.1 Å². The summed E-state index contributed by atoms with van der Waals surface area (Å²) in [6.45, 7) is 3.84. The molecule has 1 rings (SSSR count). The number of rotatable bonds is 1. The molecule has 1 aliphatic rings. The van der Waals surface area contributed by atoms with Crippen molar-refractivity contribution in [3.8, 4) is 6.07 Å². The molecule has 0 aromatic rings. The Morgan fingerprint density at radius 3 is 2.00 bits per heavy atom. The average molecular weight is 224 g/mol. The number of carboxylic acids is 1. The van der Waals surface area contributed by atoms with E-state index in [9.17, 15) is 13.2 Å². The minimum atomic E-state index is -5.08. The molecule has 0 aliphatic carbocycles. The van der Waals surface area contributed by atoms with Gasteiger partial charge in [-0.25, -0.2) is 4.79 Å². The summed E-state index contributed by atoms with van der Waals surface area (Å²) in [5, 5.41) is 18.8. The number of nitrogens with one attached hydrogen (secondary N) is 1. The zero-order valence-corrected chi connectivity index (χ0v) is 8.06. The number of nitriles is 1. The first-order valence-electron chi connectivity index (χ1n) is 4.19. The van der Waals surface area contributed by atoms with Crippen LogP contribution in [0.15, 0.2) is 0 Å². The molecule has 0 spiro atoms. The lowest BCUT2D eigenvalue weighted by Crippen LogP contribution is -2.51. The lowest BCUT2D eigenvalue weighted by molar-refractivity contribution is -0.192. The first kappa shape index (κ1) is 13.7. The average Bonchev–Trinajstić information content (AvgIpc) is 2.03. The molecule has 1 aliphatic heterocycles. The number of alkyl halides is 3. The molecule has 0 unspecified atom stereocenters. The van der Waals surface area contributed by atoms with Crippen molar-refractivity contribution in [3.05, 3.63) is 0 Å². The zero-order chi connectivity index (χ0) is 12.1. The summed E-state index contributed by atoms with van der Waals surface area (Å²) >= 11 is 0. The Morgan fingerprint density at radius 2 is 2.00 bits per heavy atom. The molecular formula is C8H11F3N2O2. The van der Waals surface area contributed by atoms with Gasteiger partial charge in [-0.15, -0.1) is 0 Å². The summed E-state index contributed by atoms with van der Waals surface area (Å²) in [4.78, 5) is 8.90. The third-order valence-corrected chi connectivity index (χ3v) is 2.08. The number of hydrogen-bond donors (Lipinski definition) is 2. The molecule has 7 heteroatoms. The van der Waals surface area contributed by atoms with Crippen LogP contribution in [-0.2, 0) is 4.79 Å². The number of carbonyl (C=O) groups is 1. The maximum Gasteiger partial charge on any atom is 0.490 e. The van der Waals surface area contributed by atoms with Gasteiger partial charge >= 0.3 is 12.1 Å². The van der Waals surface area contributed by atoms with Crippen LogP contribution in [0.2, 0.25) is 0 Å². The van der Waals surface area contributed by atoms with Crippen molar-refractivity contribution in [2.45, 2.75) is 19.5 Å². The molecule has 0 atom stereocenters. The van der Waals surface area contributed by atoms with Gasteiger partial charge in [-0.05, 0) is 6.42 Å². The van der Waals surface area contributed by atoms with E-state index in [1.807, 2.05) is 0 Å². The second kappa shape index (κ2) is 4.98. The Hall–Kier alpha value is -1.29. The third-order valence-electron chi connectivity index (χ3n) is 2.08. The van der Waals surface area contributed by atoms with Gasteiger partial charge in [0, 0.05) is 13.1 Å². The van der Waals surface area contributed by atoms with Gasteiger partial charge in [-0.3, -0.25) is 0 Å². The molecule has 1 heterocycles. The summed E-state index contributed by atoms with van der Waals surface area (Å²) in [6.07, 6.45) is -4.10. The van der Waals surface area contributed by atoms with Crippen LogP contribution in [0.3, 0.4) is 0 Å². The quantitative estimate of drug-likeness (QED) is 0.700. The van der Waals surface area contributed by atoms with Crippen LogP contribution < -0.4 is 5.32 Å². The Bertz CT molecular complexity index is 261. The fraction of sp³-hybridized carbons (Fsp3) is 0.750. The highest BCUT2D eigenvalue weighted by Gasteiger charge is 2.38. The van der Waals surface area contributed by atoms with Crippen LogP contribution in [0.5, 0.6) is 0 Å². The Morgan fingerprint density at radius 1 is 1.60 bits per heavy atom. The van der Waals surface area contributed by atoms with E-state index in [1.165, 1.54) is 0 Å². The van der Waals surface area contributed by atoms with Gasteiger partial charge in [0.2, 0.25) is 0 Å². The third kappa shape index (κ3) is 4.16. The number of nitrogens with zero attached hydrogens (tertiary/aromatic N) is 1. The molecule has 0 aromatic heterocycles. The zero-order valence-electron chi connectivity index (χ0n) is 8.06. The Labute approximate surface area is 84.7 Å². The van der Waals surface area contributed by atoms with Crippen LogP contribution in [0.1, 0.15) is 13.3 Å². The minimum Gasteiger partial charge on any atom is -0.475 e. The molecule has 0 aromatic carbocycles. The van der Waals surface area contributed by atoms with E-state index in [2.05, 4.69) is 18.3 Å². The highest BCUT2D eigenvalue weighted by molar-refractivity contribution is 5.73. The van der Waals surface area contributed by atoms with Crippen LogP contribution >= 0.6 is 0 Å². The summed E-state index contributed by atoms with van der Waals surface area (Å²) in [7, 11) is 0. The summed E-state index contributed by atoms with van der Waals surface area (Å²) in [5.74, 6) is -2.76. The standard InChI is InChI=1S/C6H10N2.C2HF3O2/c1-2-6(3-7)4-8-5-6;3-2(4,5)1(6)7/h8H,2,4-5H2,1H3;(H,6,7). The van der Waals surface area contributed by atoms with Gasteiger partial charge in [-0.1, -0.05) is 6.92 Å². The molecule has 2 N–H and O–H groups in total. The molecule has 0 bridgehead atoms. The second-order valence-corrected chi connectivity index (χ2v) is 3.15. The van der Waals surface area contributed by atoms with Gasteiger partial charge in [0.05, 0.1) is 11.5 Å². The van der Waals surface area contributed by atoms with Crippen LogP contribution in [0, 0.1) is 16.7 Å². The van der Waals surface area contributed by atoms with Crippen molar-refractivity contribution in [2.24, 2.45) is 5.41 Å². The van der Waals surface area contributed by atoms with E-state index >= 15 is 0 Å². The Kier molecular flexibility index (Phi) is 4.55. The fourth-order valence-corrected chi connectivity index (χ4v) is 0.835. The van der Waals surface area contributed by atoms with E-state index in [0.29, 0.717) is 0 Å². The van der Waals surface area contributed by atoms with Crippen molar-refractivity contribution in [1.29, 1.82) is 5.26 Å². The normalized spacial score (nSPS) is 17.8. The predicted octanol–water partition coefficient (Wildman–Crippen LogP) is 1.14. The van der Waals surface area contributed by atoms with Crippen molar-refractivity contribution >= 4 is 5.97 Å².